The molecule has 0 aromatic heterocycles. The highest BCUT2D eigenvalue weighted by Crippen LogP contribution is 2.09. The van der Waals surface area contributed by atoms with Crippen molar-refractivity contribution < 1.29 is 0 Å². The topological polar surface area (TPSA) is 24.4 Å². The lowest BCUT2D eigenvalue weighted by atomic mass is 10.1. The van der Waals surface area contributed by atoms with Crippen molar-refractivity contribution >= 4 is 6.21 Å². The second-order valence-electron chi connectivity index (χ2n) is 3.27. The summed E-state index contributed by atoms with van der Waals surface area (Å²) in [6.07, 6.45) is 7.47. The van der Waals surface area contributed by atoms with Gasteiger partial charge >= 0.3 is 0 Å². The van der Waals surface area contributed by atoms with E-state index in [2.05, 4.69) is 23.5 Å². The van der Waals surface area contributed by atoms with Crippen LogP contribution in [0, 0.1) is 0 Å². The molecular formula is C13H20N2. The van der Waals surface area contributed by atoms with Gasteiger partial charge in [-0.05, 0) is 37.6 Å². The number of hydrogen-bond acceptors (Lipinski definition) is 2. The molecule has 0 aromatic carbocycles. The van der Waals surface area contributed by atoms with Crippen LogP contribution in [0.3, 0.4) is 0 Å². The summed E-state index contributed by atoms with van der Waals surface area (Å²) in [6.45, 7) is 12.5. The molecule has 2 nitrogen and oxygen atoms in total. The van der Waals surface area contributed by atoms with Gasteiger partial charge in [0.1, 0.15) is 0 Å². The van der Waals surface area contributed by atoms with Crippen molar-refractivity contribution in [2.75, 3.05) is 13.6 Å². The van der Waals surface area contributed by atoms with E-state index in [1.807, 2.05) is 33.0 Å². The Kier molecular flexibility index (Phi) is 7.20. The number of allylic oxidation sites excluding steroid dienone is 3. The van der Waals surface area contributed by atoms with Gasteiger partial charge in [0.05, 0.1) is 0 Å². The predicted octanol–water partition coefficient (Wildman–Crippen LogP) is 2.87. The maximum Gasteiger partial charge on any atom is 0.0298 e. The number of likely N-dealkylation sites (N-methyl/N-ethyl adjacent to an activating group) is 1. The summed E-state index contributed by atoms with van der Waals surface area (Å²) < 4.78 is 0. The molecule has 82 valence electrons. The summed E-state index contributed by atoms with van der Waals surface area (Å²) in [5.41, 5.74) is 3.05. The molecule has 1 N–H and O–H groups in total. The summed E-state index contributed by atoms with van der Waals surface area (Å²) in [7, 11) is 1.90. The molecule has 0 radical (unpaired) electrons. The molecule has 0 amide bonds. The molecule has 0 spiro atoms. The average molecular weight is 204 g/mol. The molecule has 0 bridgehead atoms. The van der Waals surface area contributed by atoms with E-state index in [1.54, 1.807) is 12.4 Å². The summed E-state index contributed by atoms with van der Waals surface area (Å²) in [6, 6.07) is 0. The van der Waals surface area contributed by atoms with Gasteiger partial charge < -0.3 is 5.32 Å². The monoisotopic (exact) mass is 204 g/mol. The van der Waals surface area contributed by atoms with Crippen LogP contribution in [0.1, 0.15) is 13.8 Å². The second kappa shape index (κ2) is 7.94. The number of hydrogen-bond donors (Lipinski definition) is 1. The first-order chi connectivity index (χ1) is 7.11. The SMILES string of the molecule is C=C(/C=C\C(=C)/C(C)=C/N=CC)CNC. The zero-order chi connectivity index (χ0) is 11.7. The van der Waals surface area contributed by atoms with Gasteiger partial charge in [-0.15, -0.1) is 0 Å². The minimum atomic E-state index is 0.791. The van der Waals surface area contributed by atoms with Crippen molar-refractivity contribution in [2.24, 2.45) is 4.99 Å². The van der Waals surface area contributed by atoms with Gasteiger partial charge in [-0.2, -0.15) is 0 Å². The number of aliphatic imine (C=N–C) groups is 1. The van der Waals surface area contributed by atoms with E-state index < -0.39 is 0 Å². The smallest absolute Gasteiger partial charge is 0.0298 e. The molecule has 0 atom stereocenters. The van der Waals surface area contributed by atoms with Crippen LogP contribution in [-0.2, 0) is 0 Å². The summed E-state index contributed by atoms with van der Waals surface area (Å²) in [4.78, 5) is 4.04. The van der Waals surface area contributed by atoms with Crippen molar-refractivity contribution in [1.82, 2.24) is 5.32 Å². The zero-order valence-corrected chi connectivity index (χ0v) is 9.88. The normalized spacial score (nSPS) is 12.6. The van der Waals surface area contributed by atoms with E-state index in [-0.39, 0.29) is 0 Å². The largest absolute Gasteiger partial charge is 0.316 e. The highest BCUT2D eigenvalue weighted by Gasteiger charge is 1.91. The van der Waals surface area contributed by atoms with Crippen LogP contribution in [0.5, 0.6) is 0 Å². The van der Waals surface area contributed by atoms with Crippen molar-refractivity contribution in [3.05, 3.63) is 48.2 Å². The second-order valence-corrected chi connectivity index (χ2v) is 3.27. The average Bonchev–Trinajstić information content (AvgIpc) is 2.22. The Balaban J connectivity index is 4.30. The van der Waals surface area contributed by atoms with Crippen molar-refractivity contribution in [3.63, 3.8) is 0 Å². The Morgan fingerprint density at radius 2 is 2.00 bits per heavy atom. The standard InChI is InChI=1S/C13H20N2/c1-6-15-10-13(4)12(3)8-7-11(2)9-14-5/h6-8,10,14H,2-3,9H2,1,4-5H3/b8-7-,13-10+,15-6?. The van der Waals surface area contributed by atoms with E-state index in [4.69, 9.17) is 0 Å². The Bertz CT molecular complexity index is 306. The maximum atomic E-state index is 4.04. The lowest BCUT2D eigenvalue weighted by Gasteiger charge is -2.00. The number of rotatable bonds is 6. The van der Waals surface area contributed by atoms with E-state index in [0.29, 0.717) is 0 Å². The third kappa shape index (κ3) is 6.63. The Morgan fingerprint density at radius 3 is 2.53 bits per heavy atom. The van der Waals surface area contributed by atoms with Gasteiger partial charge in [0.25, 0.3) is 0 Å². The molecule has 0 saturated carbocycles. The summed E-state index contributed by atoms with van der Waals surface area (Å²) in [5, 5.41) is 3.04. The molecule has 0 aliphatic heterocycles. The quantitative estimate of drug-likeness (QED) is 0.522. The highest BCUT2D eigenvalue weighted by molar-refractivity contribution is 5.55. The molecule has 0 fully saturated rings. The van der Waals surface area contributed by atoms with Gasteiger partial charge in [-0.25, -0.2) is 0 Å². The molecule has 0 saturated heterocycles. The van der Waals surface area contributed by atoms with Gasteiger partial charge in [-0.3, -0.25) is 4.99 Å². The van der Waals surface area contributed by atoms with E-state index in [1.165, 1.54) is 0 Å². The Labute approximate surface area is 92.8 Å². The fraction of sp³-hybridized carbons (Fsp3) is 0.308. The van der Waals surface area contributed by atoms with Crippen molar-refractivity contribution in [2.45, 2.75) is 13.8 Å². The van der Waals surface area contributed by atoms with Gasteiger partial charge in [-0.1, -0.05) is 25.3 Å². The zero-order valence-electron chi connectivity index (χ0n) is 9.88. The molecule has 0 unspecified atom stereocenters. The van der Waals surface area contributed by atoms with Crippen LogP contribution in [0.15, 0.2) is 53.2 Å². The lowest BCUT2D eigenvalue weighted by Crippen LogP contribution is -2.08. The first kappa shape index (κ1) is 13.6. The third-order valence-electron chi connectivity index (χ3n) is 1.85. The van der Waals surface area contributed by atoms with Gasteiger partial charge in [0.2, 0.25) is 0 Å². The first-order valence-electron chi connectivity index (χ1n) is 4.96. The maximum absolute atomic E-state index is 4.04. The van der Waals surface area contributed by atoms with Crippen LogP contribution in [0.4, 0.5) is 0 Å². The van der Waals surface area contributed by atoms with Crippen molar-refractivity contribution in [3.8, 4) is 0 Å². The fourth-order valence-corrected chi connectivity index (χ4v) is 0.905. The third-order valence-corrected chi connectivity index (χ3v) is 1.85. The minimum absolute atomic E-state index is 0.791. The molecule has 0 aromatic rings. The van der Waals surface area contributed by atoms with E-state index >= 15 is 0 Å². The molecule has 0 heterocycles. The molecule has 15 heavy (non-hydrogen) atoms. The number of nitrogens with one attached hydrogen (secondary N) is 1. The molecule has 2 heteroatoms. The van der Waals surface area contributed by atoms with Crippen LogP contribution in [0.2, 0.25) is 0 Å². The van der Waals surface area contributed by atoms with E-state index in [0.717, 1.165) is 23.3 Å². The van der Waals surface area contributed by atoms with Gasteiger partial charge in [0.15, 0.2) is 0 Å². The molecule has 0 aliphatic carbocycles. The van der Waals surface area contributed by atoms with Crippen LogP contribution >= 0.6 is 0 Å². The Morgan fingerprint density at radius 1 is 1.33 bits per heavy atom. The fourth-order valence-electron chi connectivity index (χ4n) is 0.905. The molecule has 0 rings (SSSR count). The van der Waals surface area contributed by atoms with E-state index in [9.17, 15) is 0 Å². The molecule has 0 aliphatic rings. The highest BCUT2D eigenvalue weighted by atomic mass is 14.8. The van der Waals surface area contributed by atoms with Gasteiger partial charge in [0, 0.05) is 19.0 Å². The first-order valence-corrected chi connectivity index (χ1v) is 4.96. The van der Waals surface area contributed by atoms with Crippen LogP contribution in [-0.4, -0.2) is 19.8 Å². The van der Waals surface area contributed by atoms with Crippen LogP contribution < -0.4 is 5.32 Å². The minimum Gasteiger partial charge on any atom is -0.316 e. The summed E-state index contributed by atoms with van der Waals surface area (Å²) in [5.74, 6) is 0. The molecular weight excluding hydrogens is 184 g/mol. The summed E-state index contributed by atoms with van der Waals surface area (Å²) >= 11 is 0. The van der Waals surface area contributed by atoms with Crippen molar-refractivity contribution in [1.29, 1.82) is 0 Å². The Hall–Kier alpha value is -1.41. The lowest BCUT2D eigenvalue weighted by molar-refractivity contribution is 0.898. The number of nitrogens with zero attached hydrogens (tertiary/aromatic N) is 1. The van der Waals surface area contributed by atoms with Crippen LogP contribution in [0.25, 0.3) is 0 Å². The predicted molar refractivity (Wildman–Crippen MR) is 69.3 cm³/mol.